The largest absolute Gasteiger partial charge is 0.374 e. The quantitative estimate of drug-likeness (QED) is 0.818. The smallest absolute Gasteiger partial charge is 0.121 e. The lowest BCUT2D eigenvalue weighted by molar-refractivity contribution is 0.714. The van der Waals surface area contributed by atoms with E-state index in [1.165, 1.54) is 17.7 Å². The predicted molar refractivity (Wildman–Crippen MR) is 65.4 cm³/mol. The number of benzene rings is 1. The Morgan fingerprint density at radius 3 is 3.00 bits per heavy atom. The molecule has 1 atom stereocenters. The molecule has 0 aliphatic carbocycles. The van der Waals surface area contributed by atoms with Gasteiger partial charge in [-0.25, -0.2) is 0 Å². The second kappa shape index (κ2) is 4.54. The van der Waals surface area contributed by atoms with Crippen LogP contribution in [0.25, 0.3) is 0 Å². The molecule has 2 rings (SSSR count). The maximum atomic E-state index is 9.01. The second-order valence-corrected chi connectivity index (χ2v) is 4.26. The van der Waals surface area contributed by atoms with Gasteiger partial charge in [0, 0.05) is 19.3 Å². The number of fused-ring (bicyclic) bond motifs is 1. The molecule has 1 heterocycles. The van der Waals surface area contributed by atoms with Crippen LogP contribution in [0.1, 0.15) is 23.6 Å². The van der Waals surface area contributed by atoms with Gasteiger partial charge in [0.25, 0.3) is 0 Å². The molecule has 0 amide bonds. The molecule has 0 saturated carbocycles. The van der Waals surface area contributed by atoms with Crippen molar-refractivity contribution >= 4 is 5.69 Å². The highest BCUT2D eigenvalue weighted by atomic mass is 15.1. The van der Waals surface area contributed by atoms with E-state index < -0.39 is 0 Å². The lowest BCUT2D eigenvalue weighted by atomic mass is 9.97. The Kier molecular flexibility index (Phi) is 3.12. The van der Waals surface area contributed by atoms with Gasteiger partial charge in [-0.1, -0.05) is 12.1 Å². The first-order valence-corrected chi connectivity index (χ1v) is 5.67. The monoisotopic (exact) mass is 215 g/mol. The average Bonchev–Trinajstić information content (AvgIpc) is 2.31. The third-order valence-electron chi connectivity index (χ3n) is 3.21. The molecule has 0 spiro atoms. The minimum absolute atomic E-state index is 0.197. The molecule has 84 valence electrons. The van der Waals surface area contributed by atoms with Crippen molar-refractivity contribution in [2.75, 3.05) is 25.5 Å². The molecule has 0 saturated heterocycles. The summed E-state index contributed by atoms with van der Waals surface area (Å²) in [6.07, 6.45) is 2.32. The van der Waals surface area contributed by atoms with Crippen molar-refractivity contribution in [3.63, 3.8) is 0 Å². The molecular formula is C13H17N3. The van der Waals surface area contributed by atoms with E-state index >= 15 is 0 Å². The minimum atomic E-state index is -0.197. The van der Waals surface area contributed by atoms with Crippen molar-refractivity contribution in [1.29, 1.82) is 5.26 Å². The summed E-state index contributed by atoms with van der Waals surface area (Å²) in [6, 6.07) is 8.40. The Labute approximate surface area is 96.7 Å². The maximum Gasteiger partial charge on any atom is 0.121 e. The van der Waals surface area contributed by atoms with E-state index in [-0.39, 0.29) is 6.04 Å². The standard InChI is InChI=1S/C13H17N3/c1-15-12(9-14)10-5-6-13-11(8-10)4-3-7-16(13)2/h5-6,8,12,15H,3-4,7H2,1-2H3. The Hall–Kier alpha value is -1.53. The number of anilines is 1. The van der Waals surface area contributed by atoms with Crippen molar-refractivity contribution < 1.29 is 0 Å². The minimum Gasteiger partial charge on any atom is -0.374 e. The molecular weight excluding hydrogens is 198 g/mol. The molecule has 1 aromatic carbocycles. The molecule has 1 N–H and O–H groups in total. The summed E-state index contributed by atoms with van der Waals surface area (Å²) in [7, 11) is 3.94. The molecule has 3 nitrogen and oxygen atoms in total. The van der Waals surface area contributed by atoms with Gasteiger partial charge in [0.2, 0.25) is 0 Å². The number of rotatable bonds is 2. The molecule has 0 radical (unpaired) electrons. The summed E-state index contributed by atoms with van der Waals surface area (Å²) < 4.78 is 0. The van der Waals surface area contributed by atoms with E-state index in [1.54, 1.807) is 0 Å². The molecule has 1 unspecified atom stereocenters. The fourth-order valence-electron chi connectivity index (χ4n) is 2.29. The summed E-state index contributed by atoms with van der Waals surface area (Å²) in [5.74, 6) is 0. The van der Waals surface area contributed by atoms with E-state index in [2.05, 4.69) is 35.5 Å². The maximum absolute atomic E-state index is 9.01. The Morgan fingerprint density at radius 2 is 2.31 bits per heavy atom. The summed E-state index contributed by atoms with van der Waals surface area (Å²) in [4.78, 5) is 2.28. The summed E-state index contributed by atoms with van der Waals surface area (Å²) in [6.45, 7) is 1.13. The van der Waals surface area contributed by atoms with Gasteiger partial charge in [-0.2, -0.15) is 5.26 Å². The highest BCUT2D eigenvalue weighted by Crippen LogP contribution is 2.28. The van der Waals surface area contributed by atoms with E-state index in [4.69, 9.17) is 5.26 Å². The Bertz CT molecular complexity index is 420. The average molecular weight is 215 g/mol. The van der Waals surface area contributed by atoms with Crippen LogP contribution >= 0.6 is 0 Å². The Balaban J connectivity index is 2.36. The normalized spacial score (nSPS) is 16.4. The number of aryl methyl sites for hydroxylation is 1. The zero-order valence-electron chi connectivity index (χ0n) is 9.83. The molecule has 1 aliphatic heterocycles. The highest BCUT2D eigenvalue weighted by molar-refractivity contribution is 5.56. The van der Waals surface area contributed by atoms with Crippen LogP contribution in [0.5, 0.6) is 0 Å². The van der Waals surface area contributed by atoms with Crippen LogP contribution in [0.15, 0.2) is 18.2 Å². The van der Waals surface area contributed by atoms with Crippen molar-refractivity contribution in [1.82, 2.24) is 5.32 Å². The zero-order chi connectivity index (χ0) is 11.5. The summed E-state index contributed by atoms with van der Waals surface area (Å²) in [5, 5.41) is 12.0. The molecule has 16 heavy (non-hydrogen) atoms. The number of nitrogens with zero attached hydrogens (tertiary/aromatic N) is 2. The highest BCUT2D eigenvalue weighted by Gasteiger charge is 2.16. The van der Waals surface area contributed by atoms with Crippen LogP contribution in [0.3, 0.4) is 0 Å². The first kappa shape index (κ1) is 11.0. The summed E-state index contributed by atoms with van der Waals surface area (Å²) >= 11 is 0. The number of hydrogen-bond donors (Lipinski definition) is 1. The van der Waals surface area contributed by atoms with E-state index in [9.17, 15) is 0 Å². The first-order valence-electron chi connectivity index (χ1n) is 5.67. The van der Waals surface area contributed by atoms with Crippen LogP contribution < -0.4 is 10.2 Å². The molecule has 1 aliphatic rings. The van der Waals surface area contributed by atoms with Gasteiger partial charge in [-0.3, -0.25) is 0 Å². The van der Waals surface area contributed by atoms with E-state index in [0.717, 1.165) is 18.5 Å². The topological polar surface area (TPSA) is 39.1 Å². The van der Waals surface area contributed by atoms with Gasteiger partial charge in [-0.05, 0) is 37.1 Å². The van der Waals surface area contributed by atoms with Gasteiger partial charge in [0.15, 0.2) is 0 Å². The third-order valence-corrected chi connectivity index (χ3v) is 3.21. The lowest BCUT2D eigenvalue weighted by Crippen LogP contribution is -2.25. The van der Waals surface area contributed by atoms with Gasteiger partial charge in [0.1, 0.15) is 6.04 Å². The van der Waals surface area contributed by atoms with Gasteiger partial charge in [0.05, 0.1) is 6.07 Å². The zero-order valence-corrected chi connectivity index (χ0v) is 9.83. The summed E-state index contributed by atoms with van der Waals surface area (Å²) in [5.41, 5.74) is 3.74. The van der Waals surface area contributed by atoms with Crippen LogP contribution in [0.4, 0.5) is 5.69 Å². The molecule has 0 bridgehead atoms. The molecule has 0 aromatic heterocycles. The van der Waals surface area contributed by atoms with Crippen molar-refractivity contribution in [3.8, 4) is 6.07 Å². The molecule has 3 heteroatoms. The predicted octanol–water partition coefficient (Wildman–Crippen LogP) is 1.85. The van der Waals surface area contributed by atoms with Crippen LogP contribution in [-0.4, -0.2) is 20.6 Å². The van der Waals surface area contributed by atoms with Crippen molar-refractivity contribution in [3.05, 3.63) is 29.3 Å². The first-order chi connectivity index (χ1) is 7.76. The van der Waals surface area contributed by atoms with E-state index in [1.807, 2.05) is 13.1 Å². The molecule has 1 aromatic rings. The second-order valence-electron chi connectivity index (χ2n) is 4.26. The lowest BCUT2D eigenvalue weighted by Gasteiger charge is -2.28. The van der Waals surface area contributed by atoms with Gasteiger partial charge >= 0.3 is 0 Å². The van der Waals surface area contributed by atoms with Crippen LogP contribution in [-0.2, 0) is 6.42 Å². The number of hydrogen-bond acceptors (Lipinski definition) is 3. The van der Waals surface area contributed by atoms with Gasteiger partial charge in [-0.15, -0.1) is 0 Å². The number of nitrogens with one attached hydrogen (secondary N) is 1. The van der Waals surface area contributed by atoms with Crippen LogP contribution in [0, 0.1) is 11.3 Å². The fourth-order valence-corrected chi connectivity index (χ4v) is 2.29. The van der Waals surface area contributed by atoms with E-state index in [0.29, 0.717) is 0 Å². The van der Waals surface area contributed by atoms with Crippen molar-refractivity contribution in [2.45, 2.75) is 18.9 Å². The van der Waals surface area contributed by atoms with Crippen LogP contribution in [0.2, 0.25) is 0 Å². The Morgan fingerprint density at radius 1 is 1.50 bits per heavy atom. The molecule has 0 fully saturated rings. The fraction of sp³-hybridized carbons (Fsp3) is 0.462. The SMILES string of the molecule is CNC(C#N)c1ccc2c(c1)CCCN2C. The number of nitriles is 1. The van der Waals surface area contributed by atoms with Gasteiger partial charge < -0.3 is 10.2 Å². The third kappa shape index (κ3) is 1.89. The van der Waals surface area contributed by atoms with Crippen molar-refractivity contribution in [2.24, 2.45) is 0 Å².